The lowest BCUT2D eigenvalue weighted by Gasteiger charge is -2.35. The highest BCUT2D eigenvalue weighted by molar-refractivity contribution is 5.97. The van der Waals surface area contributed by atoms with Crippen molar-refractivity contribution in [3.63, 3.8) is 0 Å². The molecule has 158 valence electrons. The molecule has 2 aliphatic rings. The van der Waals surface area contributed by atoms with Gasteiger partial charge in [0.15, 0.2) is 0 Å². The number of hydrogen-bond acceptors (Lipinski definition) is 4. The second-order valence-electron chi connectivity index (χ2n) is 9.04. The molecule has 0 aromatic heterocycles. The highest BCUT2D eigenvalue weighted by Gasteiger charge is 2.58. The van der Waals surface area contributed by atoms with Crippen LogP contribution in [0.1, 0.15) is 47.5 Å². The van der Waals surface area contributed by atoms with Gasteiger partial charge in [-0.1, -0.05) is 25.5 Å². The van der Waals surface area contributed by atoms with Gasteiger partial charge in [-0.3, -0.25) is 14.4 Å². The van der Waals surface area contributed by atoms with Gasteiger partial charge in [0.1, 0.15) is 6.04 Å². The maximum Gasteiger partial charge on any atom is 0.243 e. The Kier molecular flexibility index (Phi) is 6.91. The van der Waals surface area contributed by atoms with Crippen molar-refractivity contribution in [2.75, 3.05) is 13.7 Å². The average Bonchev–Trinajstić information content (AvgIpc) is 2.92. The molecule has 2 rings (SSSR count). The molecule has 1 heterocycles. The van der Waals surface area contributed by atoms with Gasteiger partial charge in [0.05, 0.1) is 24.5 Å². The van der Waals surface area contributed by atoms with Crippen LogP contribution >= 0.6 is 0 Å². The molecule has 1 saturated heterocycles. The molecule has 0 unspecified atom stereocenters. The first-order valence-corrected chi connectivity index (χ1v) is 10.2. The molecule has 3 N–H and O–H groups in total. The number of carbonyl (C=O) groups excluding carboxylic acids is 3. The fourth-order valence-electron chi connectivity index (χ4n) is 4.59. The molecule has 28 heavy (non-hydrogen) atoms. The molecule has 0 radical (unpaired) electrons. The van der Waals surface area contributed by atoms with Gasteiger partial charge in [-0.2, -0.15) is 0 Å². The fraction of sp³-hybridized carbons (Fsp3) is 0.762. The first-order chi connectivity index (χ1) is 13.1. The minimum atomic E-state index is -0.732. The Morgan fingerprint density at radius 2 is 1.89 bits per heavy atom. The fourth-order valence-corrected chi connectivity index (χ4v) is 4.59. The number of rotatable bonds is 6. The Hall–Kier alpha value is -1.89. The van der Waals surface area contributed by atoms with Crippen molar-refractivity contribution in [1.29, 1.82) is 0 Å². The molecular formula is C21H35N3O4. The van der Waals surface area contributed by atoms with E-state index in [1.54, 1.807) is 14.0 Å². The lowest BCUT2D eigenvalue weighted by molar-refractivity contribution is -0.143. The number of hydrogen-bond donors (Lipinski definition) is 3. The van der Waals surface area contributed by atoms with Crippen LogP contribution in [0, 0.1) is 23.7 Å². The maximum absolute atomic E-state index is 13.4. The van der Waals surface area contributed by atoms with Crippen LogP contribution in [0.3, 0.4) is 0 Å². The number of likely N-dealkylation sites (tertiary alicyclic amines) is 1. The molecule has 6 atom stereocenters. The normalized spacial score (nSPS) is 30.8. The number of nitrogens with one attached hydrogen (secondary N) is 2. The molecule has 7 nitrogen and oxygen atoms in total. The Balaban J connectivity index is 2.50. The molecule has 1 aliphatic heterocycles. The van der Waals surface area contributed by atoms with E-state index in [0.717, 1.165) is 12.8 Å². The van der Waals surface area contributed by atoms with Crippen LogP contribution in [0.2, 0.25) is 0 Å². The lowest BCUT2D eigenvalue weighted by Crippen LogP contribution is -2.55. The topological polar surface area (TPSA) is 98.7 Å². The van der Waals surface area contributed by atoms with Crippen molar-refractivity contribution in [2.24, 2.45) is 23.7 Å². The SMILES string of the molecule is CCC[C@@H]1C=C[C@H]2[C@H](C(=O)N([C@H](C)CO)[C@@H]2C(=O)NC(C)(C)C)[C@@H]1C(=O)NC. The molecule has 0 bridgehead atoms. The summed E-state index contributed by atoms with van der Waals surface area (Å²) < 4.78 is 0. The van der Waals surface area contributed by atoms with Crippen molar-refractivity contribution >= 4 is 17.7 Å². The monoisotopic (exact) mass is 393 g/mol. The van der Waals surface area contributed by atoms with E-state index in [-0.39, 0.29) is 36.2 Å². The van der Waals surface area contributed by atoms with Gasteiger partial charge >= 0.3 is 0 Å². The van der Waals surface area contributed by atoms with Crippen molar-refractivity contribution < 1.29 is 19.5 Å². The van der Waals surface area contributed by atoms with E-state index in [2.05, 4.69) is 17.6 Å². The number of aliphatic hydroxyl groups is 1. The minimum absolute atomic E-state index is 0.0362. The van der Waals surface area contributed by atoms with Crippen LogP contribution in [-0.4, -0.2) is 59.0 Å². The van der Waals surface area contributed by atoms with Crippen LogP contribution < -0.4 is 10.6 Å². The van der Waals surface area contributed by atoms with E-state index in [0.29, 0.717) is 0 Å². The van der Waals surface area contributed by atoms with E-state index in [4.69, 9.17) is 0 Å². The lowest BCUT2D eigenvalue weighted by atomic mass is 9.68. The summed E-state index contributed by atoms with van der Waals surface area (Å²) in [4.78, 5) is 40.8. The Morgan fingerprint density at radius 3 is 2.39 bits per heavy atom. The smallest absolute Gasteiger partial charge is 0.243 e. The van der Waals surface area contributed by atoms with Gasteiger partial charge in [-0.15, -0.1) is 0 Å². The summed E-state index contributed by atoms with van der Waals surface area (Å²) in [7, 11) is 1.58. The number of amides is 3. The van der Waals surface area contributed by atoms with E-state index < -0.39 is 29.5 Å². The van der Waals surface area contributed by atoms with Gasteiger partial charge in [-0.05, 0) is 40.0 Å². The summed E-state index contributed by atoms with van der Waals surface area (Å²) in [5.74, 6) is -2.16. The van der Waals surface area contributed by atoms with Gasteiger partial charge in [0.2, 0.25) is 17.7 Å². The van der Waals surface area contributed by atoms with Gasteiger partial charge < -0.3 is 20.6 Å². The molecule has 1 aliphatic carbocycles. The maximum atomic E-state index is 13.4. The van der Waals surface area contributed by atoms with Crippen molar-refractivity contribution in [1.82, 2.24) is 15.5 Å². The summed E-state index contributed by atoms with van der Waals surface area (Å²) >= 11 is 0. The number of aliphatic hydroxyl groups excluding tert-OH is 1. The highest BCUT2D eigenvalue weighted by atomic mass is 16.3. The third-order valence-electron chi connectivity index (χ3n) is 5.72. The third kappa shape index (κ3) is 4.24. The quantitative estimate of drug-likeness (QED) is 0.588. The summed E-state index contributed by atoms with van der Waals surface area (Å²) in [6.45, 7) is 9.21. The van der Waals surface area contributed by atoms with Crippen LogP contribution in [0.5, 0.6) is 0 Å². The van der Waals surface area contributed by atoms with Crippen molar-refractivity contribution in [2.45, 2.75) is 65.1 Å². The van der Waals surface area contributed by atoms with E-state index in [9.17, 15) is 19.5 Å². The van der Waals surface area contributed by atoms with E-state index in [1.807, 2.05) is 32.9 Å². The molecule has 0 aromatic rings. The number of allylic oxidation sites excluding steroid dienone is 1. The van der Waals surface area contributed by atoms with Gasteiger partial charge in [-0.25, -0.2) is 0 Å². The van der Waals surface area contributed by atoms with Crippen molar-refractivity contribution in [3.8, 4) is 0 Å². The minimum Gasteiger partial charge on any atom is -0.394 e. The largest absolute Gasteiger partial charge is 0.394 e. The zero-order valence-corrected chi connectivity index (χ0v) is 17.9. The van der Waals surface area contributed by atoms with E-state index in [1.165, 1.54) is 4.90 Å². The molecule has 3 amide bonds. The Morgan fingerprint density at radius 1 is 1.25 bits per heavy atom. The van der Waals surface area contributed by atoms with Crippen LogP contribution in [0.25, 0.3) is 0 Å². The van der Waals surface area contributed by atoms with Crippen molar-refractivity contribution in [3.05, 3.63) is 12.2 Å². The standard InChI is InChI=1S/C21H35N3O4/c1-7-8-13-9-10-14-16(15(13)18(26)22-6)20(28)24(12(2)11-25)17(14)19(27)23-21(3,4)5/h9-10,12-17,25H,7-8,11H2,1-6H3,(H,22,26)(H,23,27)/t12-,13-,14+,15-,16+,17+/m1/s1. The highest BCUT2D eigenvalue weighted by Crippen LogP contribution is 2.45. The molecule has 0 spiro atoms. The Bertz CT molecular complexity index is 640. The zero-order chi connectivity index (χ0) is 21.2. The second kappa shape index (κ2) is 8.64. The summed E-state index contributed by atoms with van der Waals surface area (Å²) in [6.07, 6.45) is 5.65. The molecule has 0 aromatic carbocycles. The molecule has 0 saturated carbocycles. The number of nitrogens with zero attached hydrogens (tertiary/aromatic N) is 1. The van der Waals surface area contributed by atoms with Crippen LogP contribution in [0.15, 0.2) is 12.2 Å². The number of fused-ring (bicyclic) bond motifs is 1. The molecular weight excluding hydrogens is 358 g/mol. The second-order valence-corrected chi connectivity index (χ2v) is 9.04. The van der Waals surface area contributed by atoms with E-state index >= 15 is 0 Å². The number of carbonyl (C=O) groups is 3. The average molecular weight is 394 g/mol. The summed E-state index contributed by atoms with van der Waals surface area (Å²) in [6, 6.07) is -1.23. The predicted octanol–water partition coefficient (Wildman–Crippen LogP) is 1.07. The van der Waals surface area contributed by atoms with Crippen LogP contribution in [0.4, 0.5) is 0 Å². The van der Waals surface area contributed by atoms with Crippen LogP contribution in [-0.2, 0) is 14.4 Å². The zero-order valence-electron chi connectivity index (χ0n) is 17.9. The van der Waals surface area contributed by atoms with Gasteiger partial charge in [0.25, 0.3) is 0 Å². The first-order valence-electron chi connectivity index (χ1n) is 10.2. The summed E-state index contributed by atoms with van der Waals surface area (Å²) in [5, 5.41) is 15.4. The summed E-state index contributed by atoms with van der Waals surface area (Å²) in [5.41, 5.74) is -0.449. The first kappa shape index (κ1) is 22.4. The molecule has 1 fully saturated rings. The predicted molar refractivity (Wildman–Crippen MR) is 107 cm³/mol. The molecule has 7 heteroatoms. The third-order valence-corrected chi connectivity index (χ3v) is 5.72. The van der Waals surface area contributed by atoms with Gasteiger partial charge in [0, 0.05) is 18.5 Å². The Labute approximate surface area is 167 Å².